The molecule has 2 aromatic rings. The summed E-state index contributed by atoms with van der Waals surface area (Å²) in [5, 5.41) is 16.2. The average Bonchev–Trinajstić information content (AvgIpc) is 3.47. The summed E-state index contributed by atoms with van der Waals surface area (Å²) in [4.78, 5) is 43.3. The van der Waals surface area contributed by atoms with Gasteiger partial charge in [0, 0.05) is 16.1 Å². The van der Waals surface area contributed by atoms with Crippen LogP contribution in [-0.4, -0.2) is 63.0 Å². The van der Waals surface area contributed by atoms with Crippen LogP contribution in [0.3, 0.4) is 0 Å². The van der Waals surface area contributed by atoms with Crippen LogP contribution in [0.5, 0.6) is 5.75 Å². The Kier molecular flexibility index (Phi) is 6.70. The largest absolute Gasteiger partial charge is 0.497 e. The first kappa shape index (κ1) is 25.6. The summed E-state index contributed by atoms with van der Waals surface area (Å²) in [7, 11) is 1.58. The molecule has 9 heteroatoms. The van der Waals surface area contributed by atoms with Crippen LogP contribution in [0.2, 0.25) is 0 Å². The molecule has 3 saturated heterocycles. The molecule has 37 heavy (non-hydrogen) atoms. The first-order chi connectivity index (χ1) is 17.8. The Labute approximate surface area is 221 Å². The summed E-state index contributed by atoms with van der Waals surface area (Å²) in [5.41, 5.74) is 1.27. The van der Waals surface area contributed by atoms with Crippen molar-refractivity contribution in [2.45, 2.75) is 54.7 Å². The van der Waals surface area contributed by atoms with Crippen LogP contribution >= 0.6 is 11.8 Å². The number of hydrogen-bond acceptors (Lipinski definition) is 6. The Morgan fingerprint density at radius 1 is 1.08 bits per heavy atom. The highest BCUT2D eigenvalue weighted by atomic mass is 32.2. The molecule has 0 saturated carbocycles. The number of nitrogens with one attached hydrogen (secondary N) is 2. The van der Waals surface area contributed by atoms with Crippen LogP contribution < -0.4 is 15.4 Å². The Hall–Kier alpha value is -3.04. The SMILES string of the molecule is CC[C@@H](CO)N1C(=O)[C@@H]2[C@H](C(=O)Nc3ccccc3)[C@]3(C)CCC2(S3)C1C(=O)Nc1ccc(OC)cc1. The third-order valence-electron chi connectivity index (χ3n) is 8.22. The van der Waals surface area contributed by atoms with E-state index >= 15 is 0 Å². The molecule has 6 atom stereocenters. The number of aliphatic hydroxyl groups is 1. The maximum atomic E-state index is 14.1. The molecule has 3 fully saturated rings. The van der Waals surface area contributed by atoms with E-state index in [2.05, 4.69) is 10.6 Å². The summed E-state index contributed by atoms with van der Waals surface area (Å²) in [6.45, 7) is 3.68. The monoisotopic (exact) mass is 523 g/mol. The standard InChI is InChI=1S/C28H33N3O5S/c1-4-19(16-32)31-23(25(34)30-18-10-12-20(36-3)13-11-18)28-15-14-27(2,37-28)21(22(28)26(31)35)24(33)29-17-8-6-5-7-9-17/h5-13,19,21-23,32H,4,14-16H2,1-3H3,(H,29,33)(H,30,34)/t19-,21+,22-,23?,27-,28?/m0/s1. The third kappa shape index (κ3) is 4.08. The summed E-state index contributed by atoms with van der Waals surface area (Å²) in [6, 6.07) is 15.0. The van der Waals surface area contributed by atoms with Gasteiger partial charge in [-0.05, 0) is 62.6 Å². The molecule has 1 spiro atoms. The number of amides is 3. The lowest BCUT2D eigenvalue weighted by molar-refractivity contribution is -0.141. The maximum absolute atomic E-state index is 14.1. The lowest BCUT2D eigenvalue weighted by Gasteiger charge is -2.36. The van der Waals surface area contributed by atoms with Crippen molar-refractivity contribution in [2.24, 2.45) is 11.8 Å². The van der Waals surface area contributed by atoms with E-state index in [1.807, 2.05) is 44.2 Å². The second kappa shape index (κ2) is 9.68. The lowest BCUT2D eigenvalue weighted by Crippen LogP contribution is -2.54. The molecular formula is C28H33N3O5S. The fourth-order valence-corrected chi connectivity index (χ4v) is 8.84. The van der Waals surface area contributed by atoms with Gasteiger partial charge in [-0.1, -0.05) is 25.1 Å². The molecule has 2 bridgehead atoms. The van der Waals surface area contributed by atoms with Crippen molar-refractivity contribution in [2.75, 3.05) is 24.4 Å². The summed E-state index contributed by atoms with van der Waals surface area (Å²) < 4.78 is 4.00. The molecule has 2 unspecified atom stereocenters. The van der Waals surface area contributed by atoms with E-state index in [0.29, 0.717) is 30.0 Å². The van der Waals surface area contributed by atoms with Crippen LogP contribution in [-0.2, 0) is 14.4 Å². The number of rotatable bonds is 8. The van der Waals surface area contributed by atoms with Crippen molar-refractivity contribution in [3.63, 3.8) is 0 Å². The number of fused-ring (bicyclic) bond motifs is 1. The van der Waals surface area contributed by atoms with Crippen molar-refractivity contribution in [1.29, 1.82) is 0 Å². The van der Waals surface area contributed by atoms with E-state index in [4.69, 9.17) is 4.74 Å². The fraction of sp³-hybridized carbons (Fsp3) is 0.464. The number of benzene rings is 2. The van der Waals surface area contributed by atoms with Crippen LogP contribution in [0, 0.1) is 11.8 Å². The molecule has 3 N–H and O–H groups in total. The van der Waals surface area contributed by atoms with Crippen LogP contribution in [0.4, 0.5) is 11.4 Å². The van der Waals surface area contributed by atoms with E-state index in [9.17, 15) is 19.5 Å². The summed E-state index contributed by atoms with van der Waals surface area (Å²) >= 11 is 1.61. The number of ether oxygens (including phenoxy) is 1. The van der Waals surface area contributed by atoms with E-state index in [-0.39, 0.29) is 24.3 Å². The van der Waals surface area contributed by atoms with Gasteiger partial charge in [-0.3, -0.25) is 14.4 Å². The quantitative estimate of drug-likeness (QED) is 0.489. The number of likely N-dealkylation sites (tertiary alicyclic amines) is 1. The molecule has 5 rings (SSSR count). The Balaban J connectivity index is 1.51. The molecule has 2 aromatic carbocycles. The van der Waals surface area contributed by atoms with Gasteiger partial charge >= 0.3 is 0 Å². The van der Waals surface area contributed by atoms with E-state index in [1.165, 1.54) is 0 Å². The second-order valence-electron chi connectivity index (χ2n) is 10.3. The number of carbonyl (C=O) groups excluding carboxylic acids is 3. The zero-order valence-electron chi connectivity index (χ0n) is 21.3. The van der Waals surface area contributed by atoms with Crippen LogP contribution in [0.1, 0.15) is 33.1 Å². The topological polar surface area (TPSA) is 108 Å². The number of aliphatic hydroxyl groups excluding tert-OH is 1. The number of para-hydroxylation sites is 1. The highest BCUT2D eigenvalue weighted by Crippen LogP contribution is 2.71. The van der Waals surface area contributed by atoms with Gasteiger partial charge in [0.2, 0.25) is 17.7 Å². The molecule has 3 aliphatic heterocycles. The number of hydrogen-bond donors (Lipinski definition) is 3. The van der Waals surface area contributed by atoms with Crippen molar-refractivity contribution in [3.05, 3.63) is 54.6 Å². The van der Waals surface area contributed by atoms with Gasteiger partial charge in [-0.15, -0.1) is 11.8 Å². The van der Waals surface area contributed by atoms with E-state index in [0.717, 1.165) is 6.42 Å². The lowest BCUT2D eigenvalue weighted by atomic mass is 9.66. The molecule has 196 valence electrons. The fourth-order valence-electron chi connectivity index (χ4n) is 6.50. The molecule has 0 aromatic heterocycles. The van der Waals surface area contributed by atoms with Gasteiger partial charge < -0.3 is 25.4 Å². The molecule has 0 radical (unpaired) electrons. The zero-order chi connectivity index (χ0) is 26.4. The number of carbonyl (C=O) groups is 3. The first-order valence-corrected chi connectivity index (χ1v) is 13.5. The zero-order valence-corrected chi connectivity index (χ0v) is 22.1. The van der Waals surface area contributed by atoms with Gasteiger partial charge in [0.25, 0.3) is 0 Å². The first-order valence-electron chi connectivity index (χ1n) is 12.7. The van der Waals surface area contributed by atoms with Gasteiger partial charge in [0.1, 0.15) is 11.8 Å². The Bertz CT molecular complexity index is 1190. The molecule has 8 nitrogen and oxygen atoms in total. The van der Waals surface area contributed by atoms with Crippen molar-refractivity contribution in [1.82, 2.24) is 4.90 Å². The van der Waals surface area contributed by atoms with Gasteiger partial charge in [-0.25, -0.2) is 0 Å². The molecule has 3 aliphatic rings. The van der Waals surface area contributed by atoms with Gasteiger partial charge in [-0.2, -0.15) is 0 Å². The second-order valence-corrected chi connectivity index (χ2v) is 12.2. The smallest absolute Gasteiger partial charge is 0.248 e. The van der Waals surface area contributed by atoms with Gasteiger partial charge in [0.15, 0.2) is 0 Å². The predicted molar refractivity (Wildman–Crippen MR) is 143 cm³/mol. The number of thioether (sulfide) groups is 1. The molecule has 0 aliphatic carbocycles. The van der Waals surface area contributed by atoms with E-state index in [1.54, 1.807) is 48.0 Å². The minimum atomic E-state index is -0.800. The summed E-state index contributed by atoms with van der Waals surface area (Å²) in [5.74, 6) is -1.28. The van der Waals surface area contributed by atoms with Crippen molar-refractivity contribution < 1.29 is 24.2 Å². The van der Waals surface area contributed by atoms with Crippen LogP contribution in [0.15, 0.2) is 54.6 Å². The number of nitrogens with zero attached hydrogens (tertiary/aromatic N) is 1. The number of anilines is 2. The average molecular weight is 524 g/mol. The Morgan fingerprint density at radius 2 is 1.73 bits per heavy atom. The molecule has 3 amide bonds. The van der Waals surface area contributed by atoms with Gasteiger partial charge in [0.05, 0.1) is 36.3 Å². The summed E-state index contributed by atoms with van der Waals surface area (Å²) in [6.07, 6.45) is 1.88. The van der Waals surface area contributed by atoms with Crippen molar-refractivity contribution >= 4 is 40.9 Å². The van der Waals surface area contributed by atoms with Crippen molar-refractivity contribution in [3.8, 4) is 5.75 Å². The number of methoxy groups -OCH3 is 1. The van der Waals surface area contributed by atoms with E-state index < -0.39 is 33.4 Å². The minimum Gasteiger partial charge on any atom is -0.497 e. The molecule has 3 heterocycles. The minimum absolute atomic E-state index is 0.200. The third-order valence-corrected chi connectivity index (χ3v) is 10.2. The highest BCUT2D eigenvalue weighted by Gasteiger charge is 2.77. The maximum Gasteiger partial charge on any atom is 0.248 e. The van der Waals surface area contributed by atoms with Crippen LogP contribution in [0.25, 0.3) is 0 Å². The molecular weight excluding hydrogens is 490 g/mol. The normalized spacial score (nSPS) is 30.6. The predicted octanol–water partition coefficient (Wildman–Crippen LogP) is 3.52. The Morgan fingerprint density at radius 3 is 2.35 bits per heavy atom. The highest BCUT2D eigenvalue weighted by molar-refractivity contribution is 8.02.